The molecule has 0 N–H and O–H groups in total. The summed E-state index contributed by atoms with van der Waals surface area (Å²) in [5, 5.41) is 0. The first-order valence-electron chi connectivity index (χ1n) is 5.15. The average molecular weight is 185 g/mol. The number of hydrogen-bond donors (Lipinski definition) is 0. The van der Waals surface area contributed by atoms with Gasteiger partial charge >= 0.3 is 0 Å². The molecule has 0 amide bonds. The largest absolute Gasteiger partial charge is 0.347 e. The van der Waals surface area contributed by atoms with E-state index < -0.39 is 0 Å². The van der Waals surface area contributed by atoms with Gasteiger partial charge in [-0.1, -0.05) is 0 Å². The Morgan fingerprint density at radius 2 is 2.00 bits per heavy atom. The zero-order valence-corrected chi connectivity index (χ0v) is 8.58. The maximum Gasteiger partial charge on any atom is 0.172 e. The van der Waals surface area contributed by atoms with Gasteiger partial charge in [-0.25, -0.2) is 0 Å². The molecule has 0 aromatic heterocycles. The lowest BCUT2D eigenvalue weighted by Crippen LogP contribution is -2.39. The highest BCUT2D eigenvalue weighted by molar-refractivity contribution is 4.89. The zero-order chi connectivity index (χ0) is 9.31. The van der Waals surface area contributed by atoms with E-state index in [2.05, 4.69) is 19.0 Å². The quantitative estimate of drug-likeness (QED) is 0.643. The van der Waals surface area contributed by atoms with Crippen LogP contribution in [0, 0.1) is 5.92 Å². The fourth-order valence-corrected chi connectivity index (χ4v) is 2.54. The second-order valence-corrected chi connectivity index (χ2v) is 4.36. The Bertz CT molecular complexity index is 170. The monoisotopic (exact) mass is 185 g/mol. The zero-order valence-electron chi connectivity index (χ0n) is 8.58. The Morgan fingerprint density at radius 3 is 2.62 bits per heavy atom. The summed E-state index contributed by atoms with van der Waals surface area (Å²) in [5.41, 5.74) is 0. The summed E-state index contributed by atoms with van der Waals surface area (Å²) in [6, 6.07) is 0. The van der Waals surface area contributed by atoms with Crippen LogP contribution in [0.3, 0.4) is 0 Å². The summed E-state index contributed by atoms with van der Waals surface area (Å²) in [4.78, 5) is 2.22. The maximum atomic E-state index is 5.77. The maximum absolute atomic E-state index is 5.77. The predicted octanol–water partition coefficient (Wildman–Crippen LogP) is 1.09. The van der Waals surface area contributed by atoms with Gasteiger partial charge in [-0.2, -0.15) is 0 Å². The van der Waals surface area contributed by atoms with Gasteiger partial charge in [-0.05, 0) is 26.9 Å². The Hall–Kier alpha value is -0.120. The molecule has 3 nitrogen and oxygen atoms in total. The molecule has 13 heavy (non-hydrogen) atoms. The molecule has 1 atom stereocenters. The highest BCUT2D eigenvalue weighted by Gasteiger charge is 2.47. The van der Waals surface area contributed by atoms with Crippen LogP contribution >= 0.6 is 0 Å². The molecule has 0 radical (unpaired) electrons. The van der Waals surface area contributed by atoms with Crippen molar-refractivity contribution < 1.29 is 9.47 Å². The van der Waals surface area contributed by atoms with Gasteiger partial charge in [0, 0.05) is 18.9 Å². The van der Waals surface area contributed by atoms with Crippen LogP contribution in [0.4, 0.5) is 0 Å². The molecule has 1 saturated carbocycles. The summed E-state index contributed by atoms with van der Waals surface area (Å²) < 4.78 is 11.5. The molecule has 2 rings (SSSR count). The van der Waals surface area contributed by atoms with Crippen molar-refractivity contribution in [2.45, 2.75) is 25.0 Å². The number of hydrogen-bond acceptors (Lipinski definition) is 3. The van der Waals surface area contributed by atoms with Crippen LogP contribution < -0.4 is 0 Å². The number of ether oxygens (including phenoxy) is 2. The first-order chi connectivity index (χ1) is 6.23. The van der Waals surface area contributed by atoms with Gasteiger partial charge in [-0.3, -0.25) is 0 Å². The van der Waals surface area contributed by atoms with Crippen molar-refractivity contribution >= 4 is 0 Å². The minimum absolute atomic E-state index is 0.204. The molecule has 2 aliphatic rings. The molecule has 0 aromatic rings. The molecule has 1 heterocycles. The molecule has 1 aliphatic heterocycles. The van der Waals surface area contributed by atoms with E-state index in [1.54, 1.807) is 0 Å². The second-order valence-electron chi connectivity index (χ2n) is 4.36. The van der Waals surface area contributed by atoms with Crippen molar-refractivity contribution in [2.24, 2.45) is 5.92 Å². The van der Waals surface area contributed by atoms with E-state index in [0.29, 0.717) is 5.92 Å². The van der Waals surface area contributed by atoms with E-state index in [9.17, 15) is 0 Å². The van der Waals surface area contributed by atoms with Crippen LogP contribution in [-0.4, -0.2) is 44.5 Å². The second kappa shape index (κ2) is 3.56. The molecule has 0 unspecified atom stereocenters. The first kappa shape index (κ1) is 9.44. The minimum atomic E-state index is -0.204. The predicted molar refractivity (Wildman–Crippen MR) is 50.5 cm³/mol. The van der Waals surface area contributed by atoms with E-state index >= 15 is 0 Å². The third kappa shape index (κ3) is 1.73. The molecule has 0 bridgehead atoms. The Morgan fingerprint density at radius 1 is 1.31 bits per heavy atom. The van der Waals surface area contributed by atoms with Gasteiger partial charge in [0.05, 0.1) is 13.2 Å². The Balaban J connectivity index is 2.00. The molecular weight excluding hydrogens is 166 g/mol. The Labute approximate surface area is 80.0 Å². The van der Waals surface area contributed by atoms with E-state index in [-0.39, 0.29) is 5.79 Å². The van der Waals surface area contributed by atoms with Crippen LogP contribution in [0.1, 0.15) is 19.3 Å². The molecule has 1 aliphatic carbocycles. The topological polar surface area (TPSA) is 21.7 Å². The normalized spacial score (nSPS) is 32.1. The van der Waals surface area contributed by atoms with Crippen LogP contribution in [-0.2, 0) is 9.47 Å². The van der Waals surface area contributed by atoms with Crippen molar-refractivity contribution in [1.82, 2.24) is 4.90 Å². The minimum Gasteiger partial charge on any atom is -0.347 e. The van der Waals surface area contributed by atoms with Gasteiger partial charge in [0.25, 0.3) is 0 Å². The number of nitrogens with zero attached hydrogens (tertiary/aromatic N) is 1. The van der Waals surface area contributed by atoms with Crippen molar-refractivity contribution in [1.29, 1.82) is 0 Å². The lowest BCUT2D eigenvalue weighted by molar-refractivity contribution is -0.183. The van der Waals surface area contributed by atoms with Crippen molar-refractivity contribution in [2.75, 3.05) is 33.9 Å². The molecule has 2 fully saturated rings. The summed E-state index contributed by atoms with van der Waals surface area (Å²) in [7, 11) is 4.22. The van der Waals surface area contributed by atoms with Gasteiger partial charge in [0.2, 0.25) is 0 Å². The Kier molecular flexibility index (Phi) is 2.58. The highest BCUT2D eigenvalue weighted by atomic mass is 16.7. The summed E-state index contributed by atoms with van der Waals surface area (Å²) in [6.07, 6.45) is 3.59. The standard InChI is InChI=1S/C10H19NO2/c1-11(2)8-9-4-3-5-10(9)12-6-7-13-10/h9H,3-8H2,1-2H3/t9-/m0/s1. The van der Waals surface area contributed by atoms with E-state index in [1.165, 1.54) is 12.8 Å². The highest BCUT2D eigenvalue weighted by Crippen LogP contribution is 2.42. The molecule has 3 heteroatoms. The van der Waals surface area contributed by atoms with Crippen LogP contribution in [0.15, 0.2) is 0 Å². The molecule has 1 spiro atoms. The summed E-state index contributed by atoms with van der Waals surface area (Å²) in [6.45, 7) is 2.65. The lowest BCUT2D eigenvalue weighted by Gasteiger charge is -2.31. The van der Waals surface area contributed by atoms with Crippen LogP contribution in [0.2, 0.25) is 0 Å². The SMILES string of the molecule is CN(C)C[C@@H]1CCCC12OCCO2. The van der Waals surface area contributed by atoms with Crippen molar-refractivity contribution in [3.8, 4) is 0 Å². The third-order valence-electron chi connectivity index (χ3n) is 3.06. The van der Waals surface area contributed by atoms with Crippen LogP contribution in [0.5, 0.6) is 0 Å². The lowest BCUT2D eigenvalue weighted by atomic mass is 10.0. The van der Waals surface area contributed by atoms with E-state index in [1.807, 2.05) is 0 Å². The fourth-order valence-electron chi connectivity index (χ4n) is 2.54. The van der Waals surface area contributed by atoms with Gasteiger partial charge in [0.15, 0.2) is 5.79 Å². The average Bonchev–Trinajstić information content (AvgIpc) is 2.64. The first-order valence-corrected chi connectivity index (χ1v) is 5.15. The van der Waals surface area contributed by atoms with E-state index in [0.717, 1.165) is 26.2 Å². The van der Waals surface area contributed by atoms with Crippen molar-refractivity contribution in [3.63, 3.8) is 0 Å². The third-order valence-corrected chi connectivity index (χ3v) is 3.06. The van der Waals surface area contributed by atoms with E-state index in [4.69, 9.17) is 9.47 Å². The smallest absolute Gasteiger partial charge is 0.172 e. The molecule has 0 aromatic carbocycles. The van der Waals surface area contributed by atoms with Gasteiger partial charge < -0.3 is 14.4 Å². The summed E-state index contributed by atoms with van der Waals surface area (Å²) in [5.74, 6) is 0.370. The fraction of sp³-hybridized carbons (Fsp3) is 1.00. The number of rotatable bonds is 2. The van der Waals surface area contributed by atoms with Crippen LogP contribution in [0.25, 0.3) is 0 Å². The molecule has 1 saturated heterocycles. The summed E-state index contributed by atoms with van der Waals surface area (Å²) >= 11 is 0. The van der Waals surface area contributed by atoms with Crippen molar-refractivity contribution in [3.05, 3.63) is 0 Å². The van der Waals surface area contributed by atoms with Gasteiger partial charge in [0.1, 0.15) is 0 Å². The van der Waals surface area contributed by atoms with Gasteiger partial charge in [-0.15, -0.1) is 0 Å². The molecule has 76 valence electrons. The molecular formula is C10H19NO2.